The second-order valence-electron chi connectivity index (χ2n) is 5.42. The summed E-state index contributed by atoms with van der Waals surface area (Å²) in [5.74, 6) is 2.19. The number of nitrogens with zero attached hydrogens (tertiary/aromatic N) is 3. The maximum Gasteiger partial charge on any atom is 0.161 e. The fourth-order valence-electron chi connectivity index (χ4n) is 2.88. The number of nitrogens with two attached hydrogens (primary N) is 1. The third kappa shape index (κ3) is 2.48. The number of hydrogen-bond acceptors (Lipinski definition) is 6. The van der Waals surface area contributed by atoms with E-state index in [0.717, 1.165) is 30.2 Å². The monoisotopic (exact) mass is 307 g/mol. The lowest BCUT2D eigenvalue weighted by Crippen LogP contribution is -2.18. The Balaban J connectivity index is 1.62. The van der Waals surface area contributed by atoms with Gasteiger partial charge in [0.15, 0.2) is 11.6 Å². The Bertz CT molecular complexity index is 816. The standard InChI is InChI=1S/C17H17N5O/c18-15-16(19-10-13-5-3-9-23-13)20-11-21-17(15)22-8-7-12-4-1-2-6-14(12)22/h1-6,9,11H,7-8,10,18H2,(H,19,20,21). The average molecular weight is 307 g/mol. The van der Waals surface area contributed by atoms with Crippen LogP contribution in [0.15, 0.2) is 53.4 Å². The quantitative estimate of drug-likeness (QED) is 0.771. The van der Waals surface area contributed by atoms with E-state index in [1.807, 2.05) is 18.2 Å². The molecule has 0 saturated heterocycles. The van der Waals surface area contributed by atoms with E-state index in [2.05, 4.69) is 38.4 Å². The fraction of sp³-hybridized carbons (Fsp3) is 0.176. The van der Waals surface area contributed by atoms with Gasteiger partial charge in [0.25, 0.3) is 0 Å². The Hall–Kier alpha value is -3.02. The molecule has 1 aliphatic heterocycles. The van der Waals surface area contributed by atoms with E-state index in [4.69, 9.17) is 10.2 Å². The molecule has 0 unspecified atom stereocenters. The van der Waals surface area contributed by atoms with E-state index in [1.165, 1.54) is 11.9 Å². The Morgan fingerprint density at radius 1 is 1.17 bits per heavy atom. The van der Waals surface area contributed by atoms with Crippen LogP contribution in [0.1, 0.15) is 11.3 Å². The molecule has 0 aliphatic carbocycles. The maximum atomic E-state index is 6.30. The molecule has 3 heterocycles. The number of furan rings is 1. The van der Waals surface area contributed by atoms with Gasteiger partial charge in [-0.2, -0.15) is 0 Å². The molecule has 6 nitrogen and oxygen atoms in total. The first kappa shape index (κ1) is 13.6. The van der Waals surface area contributed by atoms with Crippen LogP contribution in [0.2, 0.25) is 0 Å². The molecule has 0 spiro atoms. The summed E-state index contributed by atoms with van der Waals surface area (Å²) in [4.78, 5) is 10.8. The lowest BCUT2D eigenvalue weighted by molar-refractivity contribution is 0.518. The Kier molecular flexibility index (Phi) is 3.34. The van der Waals surface area contributed by atoms with Crippen molar-refractivity contribution in [3.8, 4) is 0 Å². The Morgan fingerprint density at radius 3 is 2.96 bits per heavy atom. The number of nitrogen functional groups attached to an aromatic ring is 1. The summed E-state index contributed by atoms with van der Waals surface area (Å²) in [6, 6.07) is 12.1. The van der Waals surface area contributed by atoms with Crippen molar-refractivity contribution in [2.24, 2.45) is 0 Å². The van der Waals surface area contributed by atoms with Crippen LogP contribution in [-0.2, 0) is 13.0 Å². The van der Waals surface area contributed by atoms with Crippen LogP contribution in [0.4, 0.5) is 23.0 Å². The number of para-hydroxylation sites is 1. The summed E-state index contributed by atoms with van der Waals surface area (Å²) >= 11 is 0. The normalized spacial score (nSPS) is 13.1. The first-order valence-corrected chi connectivity index (χ1v) is 7.55. The molecule has 23 heavy (non-hydrogen) atoms. The van der Waals surface area contributed by atoms with Crippen molar-refractivity contribution < 1.29 is 4.42 Å². The van der Waals surface area contributed by atoms with Crippen LogP contribution in [-0.4, -0.2) is 16.5 Å². The molecule has 3 N–H and O–H groups in total. The average Bonchev–Trinajstić information content (AvgIpc) is 3.23. The maximum absolute atomic E-state index is 6.30. The van der Waals surface area contributed by atoms with Crippen LogP contribution >= 0.6 is 0 Å². The topological polar surface area (TPSA) is 80.2 Å². The van der Waals surface area contributed by atoms with Gasteiger partial charge in [0.1, 0.15) is 17.8 Å². The van der Waals surface area contributed by atoms with Crippen molar-refractivity contribution >= 4 is 23.0 Å². The largest absolute Gasteiger partial charge is 0.467 e. The molecule has 2 aromatic heterocycles. The van der Waals surface area contributed by atoms with E-state index >= 15 is 0 Å². The van der Waals surface area contributed by atoms with Gasteiger partial charge >= 0.3 is 0 Å². The van der Waals surface area contributed by atoms with E-state index in [0.29, 0.717) is 18.1 Å². The number of anilines is 4. The van der Waals surface area contributed by atoms with Gasteiger partial charge in [-0.15, -0.1) is 0 Å². The molecule has 3 aromatic rings. The summed E-state index contributed by atoms with van der Waals surface area (Å²) in [5, 5.41) is 3.21. The molecule has 1 aromatic carbocycles. The molecule has 0 radical (unpaired) electrons. The molecular formula is C17H17N5O. The third-order valence-electron chi connectivity index (χ3n) is 4.02. The number of rotatable bonds is 4. The van der Waals surface area contributed by atoms with Gasteiger partial charge in [0.2, 0.25) is 0 Å². The minimum atomic E-state index is 0.532. The lowest BCUT2D eigenvalue weighted by atomic mass is 10.2. The summed E-state index contributed by atoms with van der Waals surface area (Å²) < 4.78 is 5.31. The molecule has 0 amide bonds. The second kappa shape index (κ2) is 5.64. The Labute approximate surface area is 134 Å². The van der Waals surface area contributed by atoms with Crippen molar-refractivity contribution in [1.29, 1.82) is 0 Å². The van der Waals surface area contributed by atoms with Crippen molar-refractivity contribution in [2.45, 2.75) is 13.0 Å². The molecule has 4 rings (SSSR count). The number of hydrogen-bond donors (Lipinski definition) is 2. The summed E-state index contributed by atoms with van der Waals surface area (Å²) in [7, 11) is 0. The molecule has 0 saturated carbocycles. The fourth-order valence-corrected chi connectivity index (χ4v) is 2.88. The van der Waals surface area contributed by atoms with Crippen molar-refractivity contribution in [2.75, 3.05) is 22.5 Å². The molecule has 6 heteroatoms. The summed E-state index contributed by atoms with van der Waals surface area (Å²) in [6.45, 7) is 1.41. The SMILES string of the molecule is Nc1c(NCc2ccco2)ncnc1N1CCc2ccccc21. The van der Waals surface area contributed by atoms with Crippen LogP contribution in [0, 0.1) is 0 Å². The number of benzene rings is 1. The number of nitrogens with one attached hydrogen (secondary N) is 1. The first-order valence-electron chi connectivity index (χ1n) is 7.55. The van der Waals surface area contributed by atoms with Gasteiger partial charge in [-0.1, -0.05) is 18.2 Å². The molecule has 1 aliphatic rings. The predicted molar refractivity (Wildman–Crippen MR) is 89.6 cm³/mol. The highest BCUT2D eigenvalue weighted by molar-refractivity contribution is 5.81. The Morgan fingerprint density at radius 2 is 2.09 bits per heavy atom. The van der Waals surface area contributed by atoms with Crippen LogP contribution < -0.4 is 16.0 Å². The number of aromatic nitrogens is 2. The second-order valence-corrected chi connectivity index (χ2v) is 5.42. The molecule has 0 atom stereocenters. The lowest BCUT2D eigenvalue weighted by Gasteiger charge is -2.21. The highest BCUT2D eigenvalue weighted by Crippen LogP contribution is 2.37. The van der Waals surface area contributed by atoms with Gasteiger partial charge in [-0.25, -0.2) is 9.97 Å². The van der Waals surface area contributed by atoms with E-state index in [9.17, 15) is 0 Å². The smallest absolute Gasteiger partial charge is 0.161 e. The first-order chi connectivity index (χ1) is 11.3. The molecule has 116 valence electrons. The van der Waals surface area contributed by atoms with Crippen LogP contribution in [0.3, 0.4) is 0 Å². The van der Waals surface area contributed by atoms with Gasteiger partial charge in [-0.3, -0.25) is 0 Å². The van der Waals surface area contributed by atoms with Crippen LogP contribution in [0.5, 0.6) is 0 Å². The van der Waals surface area contributed by atoms with E-state index in [-0.39, 0.29) is 0 Å². The minimum Gasteiger partial charge on any atom is -0.467 e. The number of fused-ring (bicyclic) bond motifs is 1. The zero-order chi connectivity index (χ0) is 15.6. The van der Waals surface area contributed by atoms with Gasteiger partial charge in [0, 0.05) is 12.2 Å². The third-order valence-corrected chi connectivity index (χ3v) is 4.02. The zero-order valence-corrected chi connectivity index (χ0v) is 12.6. The molecular weight excluding hydrogens is 290 g/mol. The van der Waals surface area contributed by atoms with E-state index < -0.39 is 0 Å². The van der Waals surface area contributed by atoms with Crippen molar-refractivity contribution in [3.63, 3.8) is 0 Å². The molecule has 0 fully saturated rings. The highest BCUT2D eigenvalue weighted by Gasteiger charge is 2.23. The van der Waals surface area contributed by atoms with Gasteiger partial charge < -0.3 is 20.4 Å². The van der Waals surface area contributed by atoms with Gasteiger partial charge in [-0.05, 0) is 30.2 Å². The van der Waals surface area contributed by atoms with Crippen molar-refractivity contribution in [3.05, 3.63) is 60.3 Å². The van der Waals surface area contributed by atoms with Gasteiger partial charge in [0.05, 0.1) is 12.8 Å². The predicted octanol–water partition coefficient (Wildman–Crippen LogP) is 2.96. The minimum absolute atomic E-state index is 0.532. The molecule has 0 bridgehead atoms. The van der Waals surface area contributed by atoms with E-state index in [1.54, 1.807) is 6.26 Å². The van der Waals surface area contributed by atoms with Crippen LogP contribution in [0.25, 0.3) is 0 Å². The summed E-state index contributed by atoms with van der Waals surface area (Å²) in [5.41, 5.74) is 9.33. The van der Waals surface area contributed by atoms with Crippen molar-refractivity contribution in [1.82, 2.24) is 9.97 Å². The summed E-state index contributed by atoms with van der Waals surface area (Å²) in [6.07, 6.45) is 4.18. The zero-order valence-electron chi connectivity index (χ0n) is 12.6. The highest BCUT2D eigenvalue weighted by atomic mass is 16.3.